The second-order valence-corrected chi connectivity index (χ2v) is 3.72. The molecule has 3 N–H and O–H groups in total. The number of nitrogens with zero attached hydrogens (tertiary/aromatic N) is 2. The minimum atomic E-state index is -0.00787. The molecule has 2 rings (SSSR count). The zero-order chi connectivity index (χ0) is 10.5. The number of nitrogens with one attached hydrogen (secondary N) is 1. The summed E-state index contributed by atoms with van der Waals surface area (Å²) in [7, 11) is 0. The highest BCUT2D eigenvalue weighted by Gasteiger charge is 2.25. The molecule has 0 radical (unpaired) electrons. The van der Waals surface area contributed by atoms with Crippen LogP contribution < -0.4 is 11.3 Å². The molecule has 1 aliphatic heterocycles. The summed E-state index contributed by atoms with van der Waals surface area (Å²) in [4.78, 5) is 7.97. The van der Waals surface area contributed by atoms with E-state index in [4.69, 9.17) is 10.6 Å². The van der Waals surface area contributed by atoms with Crippen LogP contribution in [-0.4, -0.2) is 22.7 Å². The minimum absolute atomic E-state index is 0.00787. The van der Waals surface area contributed by atoms with Crippen LogP contribution >= 0.6 is 0 Å². The Labute approximate surface area is 89.0 Å². The molecule has 0 aliphatic carbocycles. The number of hydrogen-bond acceptors (Lipinski definition) is 5. The molecule has 0 bridgehead atoms. The highest BCUT2D eigenvalue weighted by atomic mass is 16.5. The van der Waals surface area contributed by atoms with Gasteiger partial charge in [-0.05, 0) is 19.3 Å². The van der Waals surface area contributed by atoms with E-state index in [0.717, 1.165) is 25.0 Å². The zero-order valence-corrected chi connectivity index (χ0v) is 8.60. The Kier molecular flexibility index (Phi) is 3.60. The molecule has 2 heterocycles. The average molecular weight is 208 g/mol. The van der Waals surface area contributed by atoms with E-state index in [9.17, 15) is 0 Å². The van der Waals surface area contributed by atoms with Gasteiger partial charge in [0.15, 0.2) is 0 Å². The van der Waals surface area contributed by atoms with Crippen LogP contribution in [0.2, 0.25) is 0 Å². The molecule has 5 nitrogen and oxygen atoms in total. The SMILES string of the molecule is NNC(c1cncnc1)C1CCCCO1. The van der Waals surface area contributed by atoms with Crippen LogP contribution in [0.25, 0.3) is 0 Å². The molecule has 0 saturated carbocycles. The number of ether oxygens (including phenoxy) is 1. The molecule has 1 saturated heterocycles. The summed E-state index contributed by atoms with van der Waals surface area (Å²) in [6.07, 6.45) is 8.55. The van der Waals surface area contributed by atoms with Gasteiger partial charge >= 0.3 is 0 Å². The first-order chi connectivity index (χ1) is 7.42. The van der Waals surface area contributed by atoms with Crippen LogP contribution in [0.1, 0.15) is 30.9 Å². The third-order valence-corrected chi connectivity index (χ3v) is 2.71. The van der Waals surface area contributed by atoms with Gasteiger partial charge in [-0.25, -0.2) is 9.97 Å². The fraction of sp³-hybridized carbons (Fsp3) is 0.600. The molecule has 1 aromatic rings. The van der Waals surface area contributed by atoms with Crippen LogP contribution in [0.3, 0.4) is 0 Å². The molecule has 1 aromatic heterocycles. The third-order valence-electron chi connectivity index (χ3n) is 2.71. The van der Waals surface area contributed by atoms with E-state index < -0.39 is 0 Å². The summed E-state index contributed by atoms with van der Waals surface area (Å²) >= 11 is 0. The monoisotopic (exact) mass is 208 g/mol. The molecule has 1 aliphatic rings. The fourth-order valence-corrected chi connectivity index (χ4v) is 1.92. The van der Waals surface area contributed by atoms with E-state index in [0.29, 0.717) is 0 Å². The summed E-state index contributed by atoms with van der Waals surface area (Å²) in [6.45, 7) is 0.816. The Morgan fingerprint density at radius 1 is 1.40 bits per heavy atom. The van der Waals surface area contributed by atoms with E-state index in [1.54, 1.807) is 12.4 Å². The van der Waals surface area contributed by atoms with Crippen molar-refractivity contribution in [2.75, 3.05) is 6.61 Å². The van der Waals surface area contributed by atoms with Crippen LogP contribution in [0.4, 0.5) is 0 Å². The Balaban J connectivity index is 2.09. The van der Waals surface area contributed by atoms with Crippen LogP contribution in [0.15, 0.2) is 18.7 Å². The molecule has 0 aromatic carbocycles. The van der Waals surface area contributed by atoms with E-state index in [1.165, 1.54) is 12.7 Å². The van der Waals surface area contributed by atoms with Crippen molar-refractivity contribution in [1.29, 1.82) is 0 Å². The number of nitrogens with two attached hydrogens (primary N) is 1. The summed E-state index contributed by atoms with van der Waals surface area (Å²) < 4.78 is 5.69. The number of aromatic nitrogens is 2. The predicted octanol–water partition coefficient (Wildman–Crippen LogP) is 0.550. The van der Waals surface area contributed by atoms with Gasteiger partial charge in [0.2, 0.25) is 0 Å². The third kappa shape index (κ3) is 2.50. The Morgan fingerprint density at radius 2 is 2.20 bits per heavy atom. The van der Waals surface area contributed by atoms with Gasteiger partial charge in [0.05, 0.1) is 12.1 Å². The van der Waals surface area contributed by atoms with Gasteiger partial charge in [0, 0.05) is 24.6 Å². The molecule has 1 fully saturated rings. The van der Waals surface area contributed by atoms with Gasteiger partial charge in [-0.1, -0.05) is 0 Å². The van der Waals surface area contributed by atoms with Crippen molar-refractivity contribution in [2.45, 2.75) is 31.4 Å². The first-order valence-electron chi connectivity index (χ1n) is 5.24. The van der Waals surface area contributed by atoms with Gasteiger partial charge in [-0.15, -0.1) is 0 Å². The summed E-state index contributed by atoms with van der Waals surface area (Å²) in [5.41, 5.74) is 3.76. The Bertz CT molecular complexity index is 287. The Morgan fingerprint density at radius 3 is 2.80 bits per heavy atom. The number of rotatable bonds is 3. The molecule has 0 spiro atoms. The lowest BCUT2D eigenvalue weighted by molar-refractivity contribution is -0.00836. The lowest BCUT2D eigenvalue weighted by Gasteiger charge is -2.29. The highest BCUT2D eigenvalue weighted by molar-refractivity contribution is 5.11. The highest BCUT2D eigenvalue weighted by Crippen LogP contribution is 2.24. The average Bonchev–Trinajstić information content (AvgIpc) is 2.33. The molecular weight excluding hydrogens is 192 g/mol. The Hall–Kier alpha value is -1.04. The van der Waals surface area contributed by atoms with Gasteiger partial charge in [-0.2, -0.15) is 0 Å². The van der Waals surface area contributed by atoms with Crippen molar-refractivity contribution in [3.8, 4) is 0 Å². The van der Waals surface area contributed by atoms with Crippen LogP contribution in [0.5, 0.6) is 0 Å². The lowest BCUT2D eigenvalue weighted by Crippen LogP contribution is -2.39. The van der Waals surface area contributed by atoms with Crippen molar-refractivity contribution in [2.24, 2.45) is 5.84 Å². The van der Waals surface area contributed by atoms with Crippen molar-refractivity contribution in [3.05, 3.63) is 24.3 Å². The van der Waals surface area contributed by atoms with Gasteiger partial charge in [0.25, 0.3) is 0 Å². The molecule has 5 heteroatoms. The minimum Gasteiger partial charge on any atom is -0.376 e. The largest absolute Gasteiger partial charge is 0.376 e. The van der Waals surface area contributed by atoms with Crippen LogP contribution in [0, 0.1) is 0 Å². The molecule has 82 valence electrons. The van der Waals surface area contributed by atoms with E-state index in [1.807, 2.05) is 0 Å². The maximum Gasteiger partial charge on any atom is 0.115 e. The van der Waals surface area contributed by atoms with Crippen molar-refractivity contribution in [3.63, 3.8) is 0 Å². The van der Waals surface area contributed by atoms with Gasteiger partial charge < -0.3 is 4.74 Å². The van der Waals surface area contributed by atoms with Crippen LogP contribution in [-0.2, 0) is 4.74 Å². The topological polar surface area (TPSA) is 73.1 Å². The first kappa shape index (κ1) is 10.5. The first-order valence-corrected chi connectivity index (χ1v) is 5.24. The molecule has 15 heavy (non-hydrogen) atoms. The predicted molar refractivity (Wildman–Crippen MR) is 55.7 cm³/mol. The molecule has 2 unspecified atom stereocenters. The number of hydrazine groups is 1. The second-order valence-electron chi connectivity index (χ2n) is 3.72. The lowest BCUT2D eigenvalue weighted by atomic mass is 9.98. The summed E-state index contributed by atoms with van der Waals surface area (Å²) in [5.74, 6) is 5.55. The number of hydrogen-bond donors (Lipinski definition) is 2. The molecular formula is C10H16N4O. The standard InChI is InChI=1S/C10H16N4O/c11-14-10(8-5-12-7-13-6-8)9-3-1-2-4-15-9/h5-7,9-10,14H,1-4,11H2. The van der Waals surface area contributed by atoms with E-state index in [2.05, 4.69) is 15.4 Å². The van der Waals surface area contributed by atoms with Gasteiger partial charge in [-0.3, -0.25) is 11.3 Å². The second kappa shape index (κ2) is 5.16. The maximum atomic E-state index is 5.69. The van der Waals surface area contributed by atoms with E-state index in [-0.39, 0.29) is 12.1 Å². The molecule has 2 atom stereocenters. The van der Waals surface area contributed by atoms with Crippen molar-refractivity contribution < 1.29 is 4.74 Å². The smallest absolute Gasteiger partial charge is 0.115 e. The van der Waals surface area contributed by atoms with Crippen molar-refractivity contribution >= 4 is 0 Å². The van der Waals surface area contributed by atoms with Gasteiger partial charge in [0.1, 0.15) is 6.33 Å². The van der Waals surface area contributed by atoms with Crippen molar-refractivity contribution in [1.82, 2.24) is 15.4 Å². The zero-order valence-electron chi connectivity index (χ0n) is 8.60. The quantitative estimate of drug-likeness (QED) is 0.560. The normalized spacial score (nSPS) is 23.7. The summed E-state index contributed by atoms with van der Waals surface area (Å²) in [6, 6.07) is -0.00787. The van der Waals surface area contributed by atoms with E-state index >= 15 is 0 Å². The maximum absolute atomic E-state index is 5.69. The fourth-order valence-electron chi connectivity index (χ4n) is 1.92. The molecule has 0 amide bonds. The summed E-state index contributed by atoms with van der Waals surface area (Å²) in [5, 5.41) is 0.